The topological polar surface area (TPSA) is 37.3 Å². The van der Waals surface area contributed by atoms with Crippen molar-refractivity contribution in [2.45, 2.75) is 58.8 Å². The summed E-state index contributed by atoms with van der Waals surface area (Å²) in [4.78, 5) is 11.5. The van der Waals surface area contributed by atoms with Gasteiger partial charge in [0.2, 0.25) is 0 Å². The van der Waals surface area contributed by atoms with Crippen molar-refractivity contribution in [1.82, 2.24) is 0 Å². The molecule has 0 bridgehead atoms. The fourth-order valence-corrected chi connectivity index (χ4v) is 2.25. The Balaban J connectivity index is 2.48. The van der Waals surface area contributed by atoms with E-state index in [2.05, 4.69) is 6.92 Å². The first-order valence-electron chi connectivity index (χ1n) is 6.98. The number of aromatic hydroxyl groups is 1. The first kappa shape index (κ1) is 14.7. The van der Waals surface area contributed by atoms with Crippen molar-refractivity contribution < 1.29 is 9.90 Å². The Morgan fingerprint density at radius 1 is 1.11 bits per heavy atom. The number of benzene rings is 1. The summed E-state index contributed by atoms with van der Waals surface area (Å²) < 4.78 is 0. The molecule has 1 aromatic rings. The van der Waals surface area contributed by atoms with E-state index < -0.39 is 0 Å². The van der Waals surface area contributed by atoms with E-state index in [-0.39, 0.29) is 11.5 Å². The molecule has 0 aromatic heterocycles. The number of carbonyl (C=O) groups is 1. The lowest BCUT2D eigenvalue weighted by atomic mass is 9.97. The van der Waals surface area contributed by atoms with Crippen LogP contribution in [0, 0.1) is 0 Å². The van der Waals surface area contributed by atoms with Crippen LogP contribution in [0.2, 0.25) is 0 Å². The molecule has 1 rings (SSSR count). The van der Waals surface area contributed by atoms with Crippen molar-refractivity contribution >= 4 is 5.78 Å². The molecule has 0 fully saturated rings. The Morgan fingerprint density at radius 2 is 1.78 bits per heavy atom. The van der Waals surface area contributed by atoms with E-state index >= 15 is 0 Å². The van der Waals surface area contributed by atoms with Crippen molar-refractivity contribution in [2.24, 2.45) is 0 Å². The van der Waals surface area contributed by atoms with Crippen LogP contribution in [0.4, 0.5) is 0 Å². The van der Waals surface area contributed by atoms with Gasteiger partial charge in [-0.1, -0.05) is 51.2 Å². The number of carbonyl (C=O) groups excluding carboxylic acids is 1. The molecule has 0 unspecified atom stereocenters. The SMILES string of the molecule is CCCCCCCCc1c(O)cccc1C(C)=O. The van der Waals surface area contributed by atoms with Crippen molar-refractivity contribution in [2.75, 3.05) is 0 Å². The zero-order valence-corrected chi connectivity index (χ0v) is 11.5. The monoisotopic (exact) mass is 248 g/mol. The predicted molar refractivity (Wildman–Crippen MR) is 75.2 cm³/mol. The summed E-state index contributed by atoms with van der Waals surface area (Å²) in [6, 6.07) is 5.20. The highest BCUT2D eigenvalue weighted by atomic mass is 16.3. The van der Waals surface area contributed by atoms with Crippen LogP contribution in [-0.2, 0) is 6.42 Å². The molecule has 0 saturated heterocycles. The summed E-state index contributed by atoms with van der Waals surface area (Å²) in [6.45, 7) is 3.76. The van der Waals surface area contributed by atoms with Crippen molar-refractivity contribution in [3.05, 3.63) is 29.3 Å². The van der Waals surface area contributed by atoms with Crippen molar-refractivity contribution in [3.63, 3.8) is 0 Å². The van der Waals surface area contributed by atoms with E-state index in [1.54, 1.807) is 25.1 Å². The number of Topliss-reactive ketones (excluding diaryl/α,β-unsaturated/α-hetero) is 1. The van der Waals surface area contributed by atoms with Crippen LogP contribution in [0.3, 0.4) is 0 Å². The van der Waals surface area contributed by atoms with Gasteiger partial charge in [0.15, 0.2) is 5.78 Å². The Hall–Kier alpha value is -1.31. The quantitative estimate of drug-likeness (QED) is 0.543. The number of phenolic OH excluding ortho intramolecular Hbond substituents is 1. The number of rotatable bonds is 8. The molecular formula is C16H24O2. The molecular weight excluding hydrogens is 224 g/mol. The summed E-state index contributed by atoms with van der Waals surface area (Å²) in [5.41, 5.74) is 1.49. The van der Waals surface area contributed by atoms with E-state index in [0.717, 1.165) is 18.4 Å². The van der Waals surface area contributed by atoms with Crippen molar-refractivity contribution in [1.29, 1.82) is 0 Å². The molecule has 2 heteroatoms. The van der Waals surface area contributed by atoms with E-state index in [1.807, 2.05) is 0 Å². The number of phenols is 1. The molecule has 0 atom stereocenters. The summed E-state index contributed by atoms with van der Waals surface area (Å²) >= 11 is 0. The van der Waals surface area contributed by atoms with Gasteiger partial charge in [-0.2, -0.15) is 0 Å². The highest BCUT2D eigenvalue weighted by Crippen LogP contribution is 2.24. The van der Waals surface area contributed by atoms with E-state index in [4.69, 9.17) is 0 Å². The fraction of sp³-hybridized carbons (Fsp3) is 0.562. The maximum absolute atomic E-state index is 11.5. The molecule has 0 saturated carbocycles. The summed E-state index contributed by atoms with van der Waals surface area (Å²) in [6.07, 6.45) is 8.11. The first-order chi connectivity index (χ1) is 8.66. The van der Waals surface area contributed by atoms with Gasteiger partial charge in [0.25, 0.3) is 0 Å². The van der Waals surface area contributed by atoms with Crippen LogP contribution < -0.4 is 0 Å². The maximum atomic E-state index is 11.5. The first-order valence-corrected chi connectivity index (χ1v) is 6.98. The second-order valence-corrected chi connectivity index (χ2v) is 4.88. The second kappa shape index (κ2) is 7.91. The van der Waals surface area contributed by atoms with Gasteiger partial charge in [-0.25, -0.2) is 0 Å². The number of ketones is 1. The van der Waals surface area contributed by atoms with Gasteiger partial charge in [0, 0.05) is 11.1 Å². The standard InChI is InChI=1S/C16H24O2/c1-3-4-5-6-7-8-10-15-14(13(2)17)11-9-12-16(15)18/h9,11-12,18H,3-8,10H2,1-2H3. The Morgan fingerprint density at radius 3 is 2.44 bits per heavy atom. The normalized spacial score (nSPS) is 10.6. The van der Waals surface area contributed by atoms with Crippen LogP contribution in [-0.4, -0.2) is 10.9 Å². The van der Waals surface area contributed by atoms with Crippen LogP contribution in [0.5, 0.6) is 5.75 Å². The third kappa shape index (κ3) is 4.52. The minimum Gasteiger partial charge on any atom is -0.508 e. The van der Waals surface area contributed by atoms with E-state index in [9.17, 15) is 9.90 Å². The van der Waals surface area contributed by atoms with Crippen molar-refractivity contribution in [3.8, 4) is 5.75 Å². The third-order valence-corrected chi connectivity index (χ3v) is 3.31. The summed E-state index contributed by atoms with van der Waals surface area (Å²) in [5, 5.41) is 9.83. The molecule has 2 nitrogen and oxygen atoms in total. The molecule has 100 valence electrons. The molecule has 0 aliphatic rings. The molecule has 18 heavy (non-hydrogen) atoms. The lowest BCUT2D eigenvalue weighted by Gasteiger charge is -2.09. The molecule has 1 aromatic carbocycles. The molecule has 0 amide bonds. The number of unbranched alkanes of at least 4 members (excludes halogenated alkanes) is 5. The smallest absolute Gasteiger partial charge is 0.160 e. The molecule has 1 N–H and O–H groups in total. The Bertz CT molecular complexity index is 383. The molecule has 0 spiro atoms. The average molecular weight is 248 g/mol. The molecule has 0 heterocycles. The Labute approximate surface area is 110 Å². The second-order valence-electron chi connectivity index (χ2n) is 4.88. The van der Waals surface area contributed by atoms with Crippen LogP contribution >= 0.6 is 0 Å². The lowest BCUT2D eigenvalue weighted by Crippen LogP contribution is -2.00. The zero-order valence-electron chi connectivity index (χ0n) is 11.5. The minimum absolute atomic E-state index is 0.0342. The van der Waals surface area contributed by atoms with Crippen LogP contribution in [0.25, 0.3) is 0 Å². The third-order valence-electron chi connectivity index (χ3n) is 3.31. The van der Waals surface area contributed by atoms with Gasteiger partial charge in [0.05, 0.1) is 0 Å². The minimum atomic E-state index is 0.0342. The number of hydrogen-bond donors (Lipinski definition) is 1. The average Bonchev–Trinajstić information content (AvgIpc) is 2.34. The van der Waals surface area contributed by atoms with Gasteiger partial charge in [-0.3, -0.25) is 4.79 Å². The molecule has 0 aliphatic carbocycles. The van der Waals surface area contributed by atoms with Gasteiger partial charge in [0.1, 0.15) is 5.75 Å². The van der Waals surface area contributed by atoms with Crippen LogP contribution in [0.15, 0.2) is 18.2 Å². The molecule has 0 aliphatic heterocycles. The van der Waals surface area contributed by atoms with E-state index in [0.29, 0.717) is 5.56 Å². The predicted octanol–water partition coefficient (Wildman–Crippen LogP) is 4.50. The number of hydrogen-bond acceptors (Lipinski definition) is 2. The summed E-state index contributed by atoms with van der Waals surface area (Å²) in [7, 11) is 0. The zero-order chi connectivity index (χ0) is 13.4. The van der Waals surface area contributed by atoms with Crippen LogP contribution in [0.1, 0.15) is 68.3 Å². The fourth-order valence-electron chi connectivity index (χ4n) is 2.25. The van der Waals surface area contributed by atoms with Gasteiger partial charge >= 0.3 is 0 Å². The van der Waals surface area contributed by atoms with Gasteiger partial charge in [-0.15, -0.1) is 0 Å². The van der Waals surface area contributed by atoms with Gasteiger partial charge in [-0.05, 0) is 25.8 Å². The highest BCUT2D eigenvalue weighted by molar-refractivity contribution is 5.96. The van der Waals surface area contributed by atoms with Gasteiger partial charge < -0.3 is 5.11 Å². The van der Waals surface area contributed by atoms with E-state index in [1.165, 1.54) is 32.1 Å². The summed E-state index contributed by atoms with van der Waals surface area (Å²) in [5.74, 6) is 0.295. The Kier molecular flexibility index (Phi) is 6.48. The molecule has 0 radical (unpaired) electrons. The lowest BCUT2D eigenvalue weighted by molar-refractivity contribution is 0.101. The highest BCUT2D eigenvalue weighted by Gasteiger charge is 2.10. The maximum Gasteiger partial charge on any atom is 0.160 e. The largest absolute Gasteiger partial charge is 0.508 e.